The Morgan fingerprint density at radius 2 is 2.30 bits per heavy atom. The van der Waals surface area contributed by atoms with Crippen LogP contribution in [0, 0.1) is 0 Å². The fraction of sp³-hybridized carbons (Fsp3) is 0.250. The minimum atomic E-state index is -0.435. The van der Waals surface area contributed by atoms with E-state index in [1.54, 1.807) is 0 Å². The molecule has 1 heterocycles. The van der Waals surface area contributed by atoms with Crippen molar-refractivity contribution in [2.24, 2.45) is 26.9 Å². The molecule has 6 heteroatoms. The zero-order valence-electron chi connectivity index (χ0n) is 5.03. The molecular weight excluding hydrogens is 154 g/mol. The summed E-state index contributed by atoms with van der Waals surface area (Å²) in [5, 5.41) is 10.6. The van der Waals surface area contributed by atoms with E-state index in [4.69, 9.17) is 23.2 Å². The third kappa shape index (κ3) is 1.31. The summed E-state index contributed by atoms with van der Waals surface area (Å²) >= 11 is 5.46. The van der Waals surface area contributed by atoms with Crippen LogP contribution in [0.2, 0.25) is 0 Å². The van der Waals surface area contributed by atoms with Gasteiger partial charge in [0.15, 0.2) is 5.84 Å². The van der Waals surface area contributed by atoms with Gasteiger partial charge < -0.3 is 11.6 Å². The van der Waals surface area contributed by atoms with E-state index in [2.05, 4.69) is 15.3 Å². The van der Waals surface area contributed by atoms with Crippen molar-refractivity contribution in [2.75, 3.05) is 0 Å². The van der Waals surface area contributed by atoms with Gasteiger partial charge in [-0.3, -0.25) is 0 Å². The van der Waals surface area contributed by atoms with Crippen molar-refractivity contribution >= 4 is 17.4 Å². The molecule has 0 aromatic heterocycles. The van der Waals surface area contributed by atoms with Gasteiger partial charge in [-0.1, -0.05) is 11.6 Å². The average Bonchev–Trinajstić information content (AvgIpc) is 1.88. The Bertz CT molecular complexity index is 218. The van der Waals surface area contributed by atoms with Crippen LogP contribution < -0.4 is 11.6 Å². The Kier molecular flexibility index (Phi) is 1.98. The second-order valence-corrected chi connectivity index (χ2v) is 2.09. The summed E-state index contributed by atoms with van der Waals surface area (Å²) in [6.07, 6.45) is 1.51. The summed E-state index contributed by atoms with van der Waals surface area (Å²) in [4.78, 5) is 0. The third-order valence-electron chi connectivity index (χ3n) is 0.995. The average molecular weight is 160 g/mol. The molecule has 0 saturated heterocycles. The number of hydrazone groups is 1. The first-order valence-electron chi connectivity index (χ1n) is 2.56. The van der Waals surface area contributed by atoms with E-state index >= 15 is 0 Å². The Hall–Kier alpha value is -0.940. The molecule has 0 aromatic rings. The highest BCUT2D eigenvalue weighted by atomic mass is 35.5. The van der Waals surface area contributed by atoms with E-state index in [-0.39, 0.29) is 11.0 Å². The van der Waals surface area contributed by atoms with Crippen molar-refractivity contribution in [3.8, 4) is 0 Å². The molecule has 0 bridgehead atoms. The van der Waals surface area contributed by atoms with Crippen LogP contribution in [0.3, 0.4) is 0 Å². The molecule has 1 aliphatic heterocycles. The Morgan fingerprint density at radius 1 is 1.60 bits per heavy atom. The van der Waals surface area contributed by atoms with Crippen molar-refractivity contribution in [1.29, 1.82) is 0 Å². The summed E-state index contributed by atoms with van der Waals surface area (Å²) in [6, 6.07) is -0.435. The lowest BCUT2D eigenvalue weighted by molar-refractivity contribution is 0.971. The highest BCUT2D eigenvalue weighted by Crippen LogP contribution is 2.10. The SMILES string of the molecule is N/N=C1\N=NC(Cl)=CC1N. The molecule has 1 aliphatic rings. The number of nitrogens with zero attached hydrogens (tertiary/aromatic N) is 3. The Morgan fingerprint density at radius 3 is 2.80 bits per heavy atom. The first-order valence-corrected chi connectivity index (χ1v) is 2.94. The van der Waals surface area contributed by atoms with Crippen molar-refractivity contribution < 1.29 is 0 Å². The first-order chi connectivity index (χ1) is 4.74. The quantitative estimate of drug-likeness (QED) is 0.299. The summed E-state index contributed by atoms with van der Waals surface area (Å²) < 4.78 is 0. The van der Waals surface area contributed by atoms with Crippen LogP contribution in [0.25, 0.3) is 0 Å². The zero-order valence-corrected chi connectivity index (χ0v) is 5.78. The van der Waals surface area contributed by atoms with E-state index in [9.17, 15) is 0 Å². The van der Waals surface area contributed by atoms with Crippen molar-refractivity contribution in [3.05, 3.63) is 11.2 Å². The van der Waals surface area contributed by atoms with Crippen LogP contribution in [-0.2, 0) is 0 Å². The minimum absolute atomic E-state index is 0.264. The van der Waals surface area contributed by atoms with Gasteiger partial charge >= 0.3 is 0 Å². The van der Waals surface area contributed by atoms with Gasteiger partial charge in [-0.15, -0.1) is 10.2 Å². The molecule has 0 saturated carbocycles. The van der Waals surface area contributed by atoms with Gasteiger partial charge in [-0.2, -0.15) is 5.10 Å². The standard InChI is InChI=1S/C4H6ClN5/c5-3-1-2(6)4(8-7)10-9-3/h1-2H,6-7H2/b8-4-. The smallest absolute Gasteiger partial charge is 0.191 e. The molecule has 0 fully saturated rings. The summed E-state index contributed by atoms with van der Waals surface area (Å²) in [6.45, 7) is 0. The molecule has 0 aliphatic carbocycles. The zero-order chi connectivity index (χ0) is 7.56. The van der Waals surface area contributed by atoms with Crippen LogP contribution in [0.15, 0.2) is 26.6 Å². The molecule has 0 amide bonds. The Balaban J connectivity index is 2.84. The van der Waals surface area contributed by atoms with E-state index in [0.717, 1.165) is 0 Å². The number of hydrogen-bond donors (Lipinski definition) is 2. The number of rotatable bonds is 0. The van der Waals surface area contributed by atoms with Crippen molar-refractivity contribution in [2.45, 2.75) is 6.04 Å². The van der Waals surface area contributed by atoms with Crippen molar-refractivity contribution in [1.82, 2.24) is 0 Å². The number of azo groups is 1. The Labute approximate surface area is 62.4 Å². The van der Waals surface area contributed by atoms with Crippen LogP contribution >= 0.6 is 11.6 Å². The highest BCUT2D eigenvalue weighted by Gasteiger charge is 2.12. The van der Waals surface area contributed by atoms with Gasteiger partial charge in [0.25, 0.3) is 0 Å². The normalized spacial score (nSPS) is 28.8. The molecule has 1 rings (SSSR count). The molecular formula is C4H6ClN5. The first kappa shape index (κ1) is 7.17. The molecule has 4 N–H and O–H groups in total. The van der Waals surface area contributed by atoms with Gasteiger partial charge in [0.1, 0.15) is 5.16 Å². The van der Waals surface area contributed by atoms with E-state index in [0.29, 0.717) is 0 Å². The number of halogens is 1. The van der Waals surface area contributed by atoms with Crippen LogP contribution in [0.1, 0.15) is 0 Å². The monoisotopic (exact) mass is 159 g/mol. The van der Waals surface area contributed by atoms with E-state index < -0.39 is 6.04 Å². The molecule has 10 heavy (non-hydrogen) atoms. The number of amidine groups is 1. The fourth-order valence-electron chi connectivity index (χ4n) is 0.534. The maximum Gasteiger partial charge on any atom is 0.191 e. The van der Waals surface area contributed by atoms with E-state index in [1.807, 2.05) is 0 Å². The lowest BCUT2D eigenvalue weighted by Crippen LogP contribution is -2.29. The predicted molar refractivity (Wildman–Crippen MR) is 38.4 cm³/mol. The topological polar surface area (TPSA) is 89.1 Å². The summed E-state index contributed by atoms with van der Waals surface area (Å²) in [5.41, 5.74) is 5.45. The molecule has 0 radical (unpaired) electrons. The van der Waals surface area contributed by atoms with Gasteiger partial charge in [0, 0.05) is 0 Å². The molecule has 1 unspecified atom stereocenters. The molecule has 1 atom stereocenters. The second-order valence-electron chi connectivity index (χ2n) is 1.70. The maximum atomic E-state index is 5.46. The predicted octanol–water partition coefficient (Wildman–Crippen LogP) is 0.132. The van der Waals surface area contributed by atoms with Crippen LogP contribution in [0.4, 0.5) is 0 Å². The highest BCUT2D eigenvalue weighted by molar-refractivity contribution is 6.29. The van der Waals surface area contributed by atoms with E-state index in [1.165, 1.54) is 6.08 Å². The molecule has 0 aromatic carbocycles. The van der Waals surface area contributed by atoms with Gasteiger partial charge in [-0.25, -0.2) is 0 Å². The summed E-state index contributed by atoms with van der Waals surface area (Å²) in [7, 11) is 0. The lowest BCUT2D eigenvalue weighted by Gasteiger charge is -2.07. The molecule has 54 valence electrons. The maximum absolute atomic E-state index is 5.46. The van der Waals surface area contributed by atoms with Gasteiger partial charge in [0.2, 0.25) is 0 Å². The van der Waals surface area contributed by atoms with Crippen molar-refractivity contribution in [3.63, 3.8) is 0 Å². The van der Waals surface area contributed by atoms with Crippen LogP contribution in [-0.4, -0.2) is 11.9 Å². The third-order valence-corrected chi connectivity index (χ3v) is 1.20. The number of nitrogens with two attached hydrogens (primary N) is 2. The minimum Gasteiger partial charge on any atom is -0.321 e. The van der Waals surface area contributed by atoms with Gasteiger partial charge in [-0.05, 0) is 6.08 Å². The fourth-order valence-corrected chi connectivity index (χ4v) is 0.707. The van der Waals surface area contributed by atoms with Crippen LogP contribution in [0.5, 0.6) is 0 Å². The molecule has 5 nitrogen and oxygen atoms in total. The second kappa shape index (κ2) is 2.76. The molecule has 0 spiro atoms. The number of hydrogen-bond acceptors (Lipinski definition) is 4. The summed E-state index contributed by atoms with van der Waals surface area (Å²) in [5.74, 6) is 5.20. The lowest BCUT2D eigenvalue weighted by atomic mass is 10.3. The van der Waals surface area contributed by atoms with Gasteiger partial charge in [0.05, 0.1) is 6.04 Å². The largest absolute Gasteiger partial charge is 0.321 e.